The maximum atomic E-state index is 7.15. The highest BCUT2D eigenvalue weighted by Gasteiger charge is 2.54. The number of nitrogens with two attached hydrogens (primary N) is 1. The average Bonchev–Trinajstić information content (AvgIpc) is 3.03. The van der Waals surface area contributed by atoms with E-state index < -0.39 is 26.6 Å². The Bertz CT molecular complexity index is 1270. The number of benzene rings is 3. The van der Waals surface area contributed by atoms with Crippen molar-refractivity contribution >= 4 is 43.0 Å². The van der Waals surface area contributed by atoms with Crippen molar-refractivity contribution in [3.05, 3.63) is 60.2 Å². The minimum atomic E-state index is -2.23. The summed E-state index contributed by atoms with van der Waals surface area (Å²) in [5.74, 6) is 0.839. The lowest BCUT2D eigenvalue weighted by Gasteiger charge is -2.38. The summed E-state index contributed by atoms with van der Waals surface area (Å²) in [5.41, 5.74) is 9.75. The van der Waals surface area contributed by atoms with Gasteiger partial charge in [0.15, 0.2) is 0 Å². The number of nitrogens with zero attached hydrogens (tertiary/aromatic N) is 1. The van der Waals surface area contributed by atoms with Gasteiger partial charge in [-0.15, -0.1) is 0 Å². The minimum absolute atomic E-state index is 0.0175. The highest BCUT2D eigenvalue weighted by Crippen LogP contribution is 2.43. The monoisotopic (exact) mass is 518 g/mol. The van der Waals surface area contributed by atoms with Gasteiger partial charge in [0.2, 0.25) is 8.32 Å². The van der Waals surface area contributed by atoms with Gasteiger partial charge in [0.1, 0.15) is 5.75 Å². The van der Waals surface area contributed by atoms with Crippen LogP contribution in [0.1, 0.15) is 54.0 Å². The lowest BCUT2D eigenvalue weighted by atomic mass is 9.73. The molecule has 0 aromatic heterocycles. The summed E-state index contributed by atoms with van der Waals surface area (Å²) in [4.78, 5) is 2.21. The highest BCUT2D eigenvalue weighted by atomic mass is 28.4. The number of para-hydroxylation sites is 1. The summed E-state index contributed by atoms with van der Waals surface area (Å²) in [6.45, 7) is 20.3. The van der Waals surface area contributed by atoms with Crippen molar-refractivity contribution in [3.8, 4) is 5.75 Å². The molecule has 0 radical (unpaired) electrons. The van der Waals surface area contributed by atoms with Crippen LogP contribution >= 0.6 is 0 Å². The lowest BCUT2D eigenvalue weighted by molar-refractivity contribution is 0.00578. The van der Waals surface area contributed by atoms with Crippen LogP contribution in [0.5, 0.6) is 5.75 Å². The van der Waals surface area contributed by atoms with Gasteiger partial charge >= 0.3 is 7.12 Å². The number of nitrogen functional groups attached to an aromatic ring is 1. The van der Waals surface area contributed by atoms with Crippen LogP contribution in [-0.4, -0.2) is 33.7 Å². The predicted octanol–water partition coefficient (Wildman–Crippen LogP) is 6.74. The second kappa shape index (κ2) is 9.37. The van der Waals surface area contributed by atoms with Crippen molar-refractivity contribution in [2.24, 2.45) is 0 Å². The zero-order valence-corrected chi connectivity index (χ0v) is 25.2. The van der Waals surface area contributed by atoms with Crippen LogP contribution in [0.3, 0.4) is 0 Å². The van der Waals surface area contributed by atoms with Gasteiger partial charge in [0.05, 0.1) is 11.2 Å². The molecule has 1 aliphatic rings. The van der Waals surface area contributed by atoms with E-state index in [9.17, 15) is 0 Å². The van der Waals surface area contributed by atoms with E-state index >= 15 is 0 Å². The largest absolute Gasteiger partial charge is 0.543 e. The summed E-state index contributed by atoms with van der Waals surface area (Å²) in [5, 5.41) is 2.01. The first-order valence-electron chi connectivity index (χ1n) is 13.2. The van der Waals surface area contributed by atoms with Crippen LogP contribution < -0.4 is 20.5 Å². The molecule has 198 valence electrons. The molecule has 7 heteroatoms. The lowest BCUT2D eigenvalue weighted by Crippen LogP contribution is -2.47. The van der Waals surface area contributed by atoms with Crippen LogP contribution in [0.4, 0.5) is 11.4 Å². The normalized spacial score (nSPS) is 17.3. The van der Waals surface area contributed by atoms with Gasteiger partial charge in [-0.1, -0.05) is 63.2 Å². The summed E-state index contributed by atoms with van der Waals surface area (Å²) in [6, 6.07) is 18.6. The van der Waals surface area contributed by atoms with E-state index in [0.717, 1.165) is 38.9 Å². The molecule has 0 aliphatic carbocycles. The fourth-order valence-electron chi connectivity index (χ4n) is 4.42. The molecule has 4 rings (SSSR count). The van der Waals surface area contributed by atoms with Crippen LogP contribution in [0.2, 0.25) is 18.1 Å². The fraction of sp³-hybridized carbons (Fsp3) is 0.467. The molecule has 0 spiro atoms. The Morgan fingerprint density at radius 2 is 1.41 bits per heavy atom. The molecule has 5 nitrogen and oxygen atoms in total. The van der Waals surface area contributed by atoms with Crippen LogP contribution in [-0.2, 0) is 15.9 Å². The van der Waals surface area contributed by atoms with Crippen LogP contribution in [0, 0.1) is 0 Å². The molecule has 3 aromatic rings. The first kappa shape index (κ1) is 27.6. The van der Waals surface area contributed by atoms with Gasteiger partial charge in [-0.3, -0.25) is 0 Å². The molecule has 3 aromatic carbocycles. The Hall–Kier alpha value is -2.48. The van der Waals surface area contributed by atoms with Crippen LogP contribution in [0.25, 0.3) is 10.8 Å². The van der Waals surface area contributed by atoms with Gasteiger partial charge < -0.3 is 24.4 Å². The van der Waals surface area contributed by atoms with Gasteiger partial charge in [-0.2, -0.15) is 0 Å². The Morgan fingerprint density at radius 1 is 0.892 bits per heavy atom. The molecule has 0 atom stereocenters. The maximum absolute atomic E-state index is 7.15. The summed E-state index contributed by atoms with van der Waals surface area (Å²) in [6.07, 6.45) is 0. The smallest absolute Gasteiger partial charge is 0.499 e. The first-order valence-corrected chi connectivity index (χ1v) is 16.1. The Labute approximate surface area is 224 Å². The molecular weight excluding hydrogens is 475 g/mol. The molecule has 0 saturated carbocycles. The number of anilines is 2. The second-order valence-corrected chi connectivity index (χ2v) is 17.5. The van der Waals surface area contributed by atoms with E-state index in [4.69, 9.17) is 19.5 Å². The molecule has 1 fully saturated rings. The number of rotatable bonds is 6. The Balaban J connectivity index is 2.00. The van der Waals surface area contributed by atoms with Crippen LogP contribution in [0.15, 0.2) is 54.6 Å². The molecule has 2 N–H and O–H groups in total. The van der Waals surface area contributed by atoms with Gasteiger partial charge in [-0.05, 0) is 63.5 Å². The predicted molar refractivity (Wildman–Crippen MR) is 160 cm³/mol. The third kappa shape index (κ3) is 5.01. The summed E-state index contributed by atoms with van der Waals surface area (Å²) in [7, 11) is -0.738. The first-order chi connectivity index (χ1) is 17.1. The fourth-order valence-corrected chi connectivity index (χ4v) is 5.45. The quantitative estimate of drug-likeness (QED) is 0.289. The van der Waals surface area contributed by atoms with Crippen molar-refractivity contribution in [3.63, 3.8) is 0 Å². The molecule has 37 heavy (non-hydrogen) atoms. The van der Waals surface area contributed by atoms with E-state index in [1.165, 1.54) is 0 Å². The van der Waals surface area contributed by atoms with E-state index in [0.29, 0.717) is 6.54 Å². The third-order valence-electron chi connectivity index (χ3n) is 8.60. The topological polar surface area (TPSA) is 57.0 Å². The van der Waals surface area contributed by atoms with Crippen molar-refractivity contribution in [2.75, 3.05) is 17.7 Å². The summed E-state index contributed by atoms with van der Waals surface area (Å²) >= 11 is 0. The van der Waals surface area contributed by atoms with Crippen molar-refractivity contribution in [1.82, 2.24) is 0 Å². The number of hydrogen-bond acceptors (Lipinski definition) is 5. The molecule has 0 amide bonds. The minimum Gasteiger partial charge on any atom is -0.543 e. The Morgan fingerprint density at radius 3 is 1.95 bits per heavy atom. The molecular formula is C30H43BN2O3Si. The third-order valence-corrected chi connectivity index (χ3v) is 12.9. The second-order valence-electron chi connectivity index (χ2n) is 12.8. The van der Waals surface area contributed by atoms with Gasteiger partial charge in [0, 0.05) is 41.2 Å². The molecule has 1 aliphatic heterocycles. The van der Waals surface area contributed by atoms with E-state index in [2.05, 4.69) is 110 Å². The van der Waals surface area contributed by atoms with Gasteiger partial charge in [0.25, 0.3) is 0 Å². The maximum Gasteiger partial charge on any atom is 0.499 e. The number of hydrogen-bond donors (Lipinski definition) is 1. The van der Waals surface area contributed by atoms with E-state index in [-0.39, 0.29) is 5.04 Å². The standard InChI is InChI=1S/C30H43BN2O3Si/c1-28(2,3)37(9,10)34-27-23-19-15-14-18-22(23)26(32)24(20-33(8)21-16-12-11-13-17-21)25(27)31-35-29(4,5)30(6,7)36-31/h11-19H,20,32H2,1-10H3. The highest BCUT2D eigenvalue weighted by molar-refractivity contribution is 6.75. The van der Waals surface area contributed by atoms with Gasteiger partial charge in [-0.25, -0.2) is 0 Å². The molecule has 0 unspecified atom stereocenters. The molecule has 1 saturated heterocycles. The van der Waals surface area contributed by atoms with Crippen molar-refractivity contribution in [2.45, 2.75) is 84.3 Å². The Kier molecular flexibility index (Phi) is 6.98. The molecule has 0 bridgehead atoms. The zero-order valence-electron chi connectivity index (χ0n) is 24.2. The van der Waals surface area contributed by atoms with Crippen molar-refractivity contribution in [1.29, 1.82) is 0 Å². The summed E-state index contributed by atoms with van der Waals surface area (Å²) < 4.78 is 20.5. The average molecular weight is 519 g/mol. The number of fused-ring (bicyclic) bond motifs is 1. The SMILES string of the molecule is CN(Cc1c(B2OC(C)(C)C(C)(C)O2)c(O[Si](C)(C)C(C)(C)C)c2ccccc2c1N)c1ccccc1. The van der Waals surface area contributed by atoms with E-state index in [1.807, 2.05) is 18.2 Å². The molecule has 1 heterocycles. The zero-order chi connectivity index (χ0) is 27.4. The van der Waals surface area contributed by atoms with E-state index in [1.54, 1.807) is 0 Å². The van der Waals surface area contributed by atoms with Crippen molar-refractivity contribution < 1.29 is 13.7 Å².